The van der Waals surface area contributed by atoms with Crippen LogP contribution in [0.4, 0.5) is 10.5 Å². The van der Waals surface area contributed by atoms with Crippen LogP contribution in [0.5, 0.6) is 0 Å². The lowest BCUT2D eigenvalue weighted by Crippen LogP contribution is -2.34. The number of carbonyl (C=O) groups is 1. The van der Waals surface area contributed by atoms with E-state index in [1.807, 2.05) is 46.8 Å². The zero-order valence-corrected chi connectivity index (χ0v) is 16.0. The molecule has 0 atom stereocenters. The van der Waals surface area contributed by atoms with Crippen molar-refractivity contribution in [2.24, 2.45) is 0 Å². The van der Waals surface area contributed by atoms with Crippen molar-refractivity contribution in [1.29, 1.82) is 0 Å². The Labute approximate surface area is 143 Å². The number of aryl methyl sites for hydroxylation is 2. The molecule has 0 aliphatic carbocycles. The van der Waals surface area contributed by atoms with Gasteiger partial charge in [0.1, 0.15) is 5.60 Å². The average molecular weight is 362 g/mol. The molecule has 0 fully saturated rings. The number of carbonyl (C=O) groups excluding carboxylic acids is 1. The van der Waals surface area contributed by atoms with Crippen LogP contribution in [0, 0.1) is 13.8 Å². The second-order valence-electron chi connectivity index (χ2n) is 6.59. The fraction of sp³-hybridized carbons (Fsp3) is 0.562. The molecule has 130 valence electrons. The van der Waals surface area contributed by atoms with Gasteiger partial charge in [-0.2, -0.15) is 0 Å². The van der Waals surface area contributed by atoms with Crippen LogP contribution in [0.1, 0.15) is 37.5 Å². The van der Waals surface area contributed by atoms with Gasteiger partial charge in [0.05, 0.1) is 5.75 Å². The topological polar surface area (TPSA) is 63.7 Å². The average Bonchev–Trinajstić information content (AvgIpc) is 2.33. The molecule has 0 heterocycles. The molecule has 0 spiro atoms. The summed E-state index contributed by atoms with van der Waals surface area (Å²) >= 11 is 0. The van der Waals surface area contributed by atoms with Gasteiger partial charge in [0.15, 0.2) is 0 Å². The molecule has 0 aliphatic heterocycles. The number of rotatable bonds is 4. The lowest BCUT2D eigenvalue weighted by atomic mass is 9.99. The van der Waals surface area contributed by atoms with E-state index in [0.717, 1.165) is 16.7 Å². The van der Waals surface area contributed by atoms with Gasteiger partial charge in [0, 0.05) is 23.4 Å². The summed E-state index contributed by atoms with van der Waals surface area (Å²) in [6.45, 7) is 9.20. The van der Waals surface area contributed by atoms with Gasteiger partial charge >= 0.3 is 6.09 Å². The van der Waals surface area contributed by atoms with E-state index in [2.05, 4.69) is 0 Å². The molecule has 7 heteroatoms. The first-order chi connectivity index (χ1) is 10.3. The quantitative estimate of drug-likeness (QED) is 0.765. The van der Waals surface area contributed by atoms with Gasteiger partial charge in [-0.3, -0.25) is 4.90 Å². The normalized spacial score (nSPS) is 12.1. The van der Waals surface area contributed by atoms with Gasteiger partial charge in [-0.25, -0.2) is 13.2 Å². The first kappa shape index (κ1) is 19.8. The number of anilines is 1. The van der Waals surface area contributed by atoms with Gasteiger partial charge < -0.3 is 4.74 Å². The number of benzene rings is 1. The Morgan fingerprint density at radius 1 is 1.22 bits per heavy atom. The number of hydrogen-bond acceptors (Lipinski definition) is 4. The first-order valence-corrected chi connectivity index (χ1v) is 9.77. The van der Waals surface area contributed by atoms with Crippen LogP contribution >= 0.6 is 10.7 Å². The molecule has 0 bridgehead atoms. The van der Waals surface area contributed by atoms with Gasteiger partial charge in [-0.05, 0) is 69.9 Å². The molecule has 1 aromatic carbocycles. The molecule has 0 saturated heterocycles. The standard InChI is InChI=1S/C16H24ClNO4S/c1-11-9-13(18(6)15(19)22-16(3,4)5)10-12(2)14(11)7-8-23(17,20)21/h9-10H,7-8H2,1-6H3. The Morgan fingerprint density at radius 2 is 1.70 bits per heavy atom. The molecular weight excluding hydrogens is 338 g/mol. The van der Waals surface area contributed by atoms with Crippen LogP contribution in [0.15, 0.2) is 12.1 Å². The Kier molecular flexibility index (Phi) is 6.10. The molecule has 0 aromatic heterocycles. The van der Waals surface area contributed by atoms with Crippen molar-refractivity contribution in [2.45, 2.75) is 46.6 Å². The number of hydrogen-bond donors (Lipinski definition) is 0. The molecule has 1 rings (SSSR count). The molecule has 0 radical (unpaired) electrons. The first-order valence-electron chi connectivity index (χ1n) is 7.29. The predicted octanol–water partition coefficient (Wildman–Crippen LogP) is 3.79. The van der Waals surface area contributed by atoms with Crippen molar-refractivity contribution in [2.75, 3.05) is 17.7 Å². The van der Waals surface area contributed by atoms with E-state index in [0.29, 0.717) is 12.1 Å². The van der Waals surface area contributed by atoms with E-state index in [-0.39, 0.29) is 5.75 Å². The van der Waals surface area contributed by atoms with Crippen molar-refractivity contribution in [3.63, 3.8) is 0 Å². The maximum atomic E-state index is 12.1. The van der Waals surface area contributed by atoms with E-state index in [1.54, 1.807) is 7.05 Å². The third-order valence-corrected chi connectivity index (χ3v) is 4.49. The summed E-state index contributed by atoms with van der Waals surface area (Å²) in [5.74, 6) is -0.114. The van der Waals surface area contributed by atoms with Crippen LogP contribution in [0.3, 0.4) is 0 Å². The molecule has 5 nitrogen and oxygen atoms in total. The van der Waals surface area contributed by atoms with Crippen molar-refractivity contribution in [3.8, 4) is 0 Å². The van der Waals surface area contributed by atoms with Crippen molar-refractivity contribution in [1.82, 2.24) is 0 Å². The third-order valence-electron chi connectivity index (χ3n) is 3.33. The van der Waals surface area contributed by atoms with E-state index >= 15 is 0 Å². The number of halogens is 1. The predicted molar refractivity (Wildman–Crippen MR) is 93.9 cm³/mol. The van der Waals surface area contributed by atoms with Crippen LogP contribution in [0.2, 0.25) is 0 Å². The molecule has 1 amide bonds. The second kappa shape index (κ2) is 7.09. The van der Waals surface area contributed by atoms with Crippen LogP contribution in [-0.2, 0) is 20.2 Å². The lowest BCUT2D eigenvalue weighted by Gasteiger charge is -2.25. The highest BCUT2D eigenvalue weighted by molar-refractivity contribution is 8.13. The monoisotopic (exact) mass is 361 g/mol. The van der Waals surface area contributed by atoms with Crippen LogP contribution < -0.4 is 4.90 Å². The SMILES string of the molecule is Cc1cc(N(C)C(=O)OC(C)(C)C)cc(C)c1CCS(=O)(=O)Cl. The van der Waals surface area contributed by atoms with Crippen molar-refractivity contribution in [3.05, 3.63) is 28.8 Å². The minimum Gasteiger partial charge on any atom is -0.443 e. The Bertz CT molecular complexity index is 670. The Balaban J connectivity index is 3.02. The fourth-order valence-corrected chi connectivity index (χ4v) is 2.90. The summed E-state index contributed by atoms with van der Waals surface area (Å²) in [5, 5.41) is 0. The summed E-state index contributed by atoms with van der Waals surface area (Å²) in [7, 11) is 3.39. The van der Waals surface area contributed by atoms with Crippen molar-refractivity contribution < 1.29 is 17.9 Å². The van der Waals surface area contributed by atoms with Gasteiger partial charge in [-0.15, -0.1) is 0 Å². The highest BCUT2D eigenvalue weighted by atomic mass is 35.7. The van der Waals surface area contributed by atoms with E-state index in [4.69, 9.17) is 15.4 Å². The number of nitrogens with zero attached hydrogens (tertiary/aromatic N) is 1. The van der Waals surface area contributed by atoms with E-state index in [1.165, 1.54) is 4.90 Å². The van der Waals surface area contributed by atoms with Gasteiger partial charge in [-0.1, -0.05) is 0 Å². The van der Waals surface area contributed by atoms with Gasteiger partial charge in [0.25, 0.3) is 0 Å². The van der Waals surface area contributed by atoms with E-state index in [9.17, 15) is 13.2 Å². The number of ether oxygens (including phenoxy) is 1. The Morgan fingerprint density at radius 3 is 2.09 bits per heavy atom. The molecule has 0 unspecified atom stereocenters. The zero-order valence-electron chi connectivity index (χ0n) is 14.4. The summed E-state index contributed by atoms with van der Waals surface area (Å²) < 4.78 is 27.6. The lowest BCUT2D eigenvalue weighted by molar-refractivity contribution is 0.0589. The second-order valence-corrected chi connectivity index (χ2v) is 9.49. The van der Waals surface area contributed by atoms with Gasteiger partial charge in [0.2, 0.25) is 9.05 Å². The van der Waals surface area contributed by atoms with Crippen molar-refractivity contribution >= 4 is 31.5 Å². The largest absolute Gasteiger partial charge is 0.443 e. The molecule has 0 saturated carbocycles. The summed E-state index contributed by atoms with van der Waals surface area (Å²) in [6.07, 6.45) is -0.0905. The third kappa shape index (κ3) is 6.39. The van der Waals surface area contributed by atoms with Crippen LogP contribution in [0.25, 0.3) is 0 Å². The molecular formula is C16H24ClNO4S. The summed E-state index contributed by atoms with van der Waals surface area (Å²) in [6, 6.07) is 3.68. The maximum absolute atomic E-state index is 12.1. The minimum absolute atomic E-state index is 0.114. The van der Waals surface area contributed by atoms with E-state index < -0.39 is 20.7 Å². The maximum Gasteiger partial charge on any atom is 0.414 e. The Hall–Kier alpha value is -1.27. The van der Waals surface area contributed by atoms with Crippen LogP contribution in [-0.4, -0.2) is 32.9 Å². The highest BCUT2D eigenvalue weighted by Gasteiger charge is 2.21. The smallest absolute Gasteiger partial charge is 0.414 e. The molecule has 0 N–H and O–H groups in total. The summed E-state index contributed by atoms with van der Waals surface area (Å²) in [5.41, 5.74) is 2.89. The molecule has 23 heavy (non-hydrogen) atoms. The highest BCUT2D eigenvalue weighted by Crippen LogP contribution is 2.25. The molecule has 0 aliphatic rings. The molecule has 1 aromatic rings. The summed E-state index contributed by atoms with van der Waals surface area (Å²) in [4.78, 5) is 13.6. The fourth-order valence-electron chi connectivity index (χ4n) is 2.22. The minimum atomic E-state index is -3.53. The zero-order chi connectivity index (χ0) is 18.0. The number of amides is 1.